The van der Waals surface area contributed by atoms with Gasteiger partial charge in [0.25, 0.3) is 15.9 Å². The molecule has 1 unspecified atom stereocenters. The Morgan fingerprint density at radius 3 is 2.57 bits per heavy atom. The van der Waals surface area contributed by atoms with E-state index in [4.69, 9.17) is 25.5 Å². The number of carbonyl (C=O) groups is 1. The van der Waals surface area contributed by atoms with Crippen LogP contribution in [0, 0.1) is 0 Å². The number of nitrogens with one attached hydrogen (secondary N) is 1. The highest BCUT2D eigenvalue weighted by Gasteiger charge is 2.62. The summed E-state index contributed by atoms with van der Waals surface area (Å²) in [5, 5.41) is 3.81. The number of benzene rings is 3. The van der Waals surface area contributed by atoms with Gasteiger partial charge < -0.3 is 19.2 Å². The fourth-order valence-corrected chi connectivity index (χ4v) is 8.16. The smallest absolute Gasteiger partial charge is 0.271 e. The molecule has 10 nitrogen and oxygen atoms in total. The number of hydrogen-bond acceptors (Lipinski definition) is 9. The zero-order chi connectivity index (χ0) is 32.6. The number of amides is 1. The lowest BCUT2D eigenvalue weighted by Crippen LogP contribution is -2.54. The van der Waals surface area contributed by atoms with Crippen LogP contribution >= 0.6 is 11.6 Å². The number of sulfonamides is 1. The van der Waals surface area contributed by atoms with Crippen LogP contribution in [0.2, 0.25) is 5.02 Å². The number of aromatic nitrogens is 1. The average molecular weight is 665 g/mol. The van der Waals surface area contributed by atoms with Crippen molar-refractivity contribution in [2.75, 3.05) is 24.6 Å². The van der Waals surface area contributed by atoms with Crippen molar-refractivity contribution >= 4 is 33.2 Å². The topological polar surface area (TPSA) is 114 Å². The number of hydrogen-bond donors (Lipinski definition) is 1. The standard InChI is InChI=1S/C34H37ClN4O6S/c1-5-44-31-15-8-23(21-37-22(2)3)19-28(31)34(38-17-6-7-30(38)32-36-16-18-45-32)27-20-24(35)9-14-29(27)39(33(34)40)46(41,42)26-12-10-25(43-4)11-13-26/h8-16,18-20,22,30,37H,5-7,17,21H2,1-4H3/t30-,34?/m0/s1. The number of likely N-dealkylation sites (tertiary alicyclic amines) is 1. The molecular formula is C34H37ClN4O6S. The molecule has 0 aliphatic carbocycles. The van der Waals surface area contributed by atoms with E-state index in [1.165, 1.54) is 25.5 Å². The van der Waals surface area contributed by atoms with Crippen molar-refractivity contribution in [1.82, 2.24) is 15.2 Å². The van der Waals surface area contributed by atoms with Gasteiger partial charge in [-0.3, -0.25) is 9.69 Å². The molecule has 46 heavy (non-hydrogen) atoms. The molecule has 1 aromatic heterocycles. The summed E-state index contributed by atoms with van der Waals surface area (Å²) in [6.07, 6.45) is 4.45. The van der Waals surface area contributed by atoms with Gasteiger partial charge in [-0.2, -0.15) is 0 Å². The van der Waals surface area contributed by atoms with Gasteiger partial charge in [-0.1, -0.05) is 31.5 Å². The Morgan fingerprint density at radius 2 is 1.89 bits per heavy atom. The first-order chi connectivity index (χ1) is 22.1. The van der Waals surface area contributed by atoms with Gasteiger partial charge >= 0.3 is 0 Å². The molecule has 2 atom stereocenters. The Labute approximate surface area is 274 Å². The predicted octanol–water partition coefficient (Wildman–Crippen LogP) is 6.05. The zero-order valence-corrected chi connectivity index (χ0v) is 27.8. The molecule has 0 radical (unpaired) electrons. The number of methoxy groups -OCH3 is 1. The third kappa shape index (κ3) is 5.34. The van der Waals surface area contributed by atoms with Crippen molar-refractivity contribution in [2.24, 2.45) is 0 Å². The summed E-state index contributed by atoms with van der Waals surface area (Å²) >= 11 is 6.67. The van der Waals surface area contributed by atoms with Gasteiger partial charge in [0.2, 0.25) is 5.89 Å². The molecule has 1 saturated heterocycles. The van der Waals surface area contributed by atoms with Crippen LogP contribution in [0.5, 0.6) is 11.5 Å². The highest BCUT2D eigenvalue weighted by Crippen LogP contribution is 2.57. The molecule has 3 aromatic carbocycles. The van der Waals surface area contributed by atoms with Crippen LogP contribution in [-0.4, -0.2) is 50.5 Å². The molecular weight excluding hydrogens is 628 g/mol. The van der Waals surface area contributed by atoms with Crippen LogP contribution in [-0.2, 0) is 26.9 Å². The Bertz CT molecular complexity index is 1830. The van der Waals surface area contributed by atoms with E-state index in [0.717, 1.165) is 16.3 Å². The third-order valence-corrected chi connectivity index (χ3v) is 10.5. The van der Waals surface area contributed by atoms with Gasteiger partial charge in [-0.15, -0.1) is 0 Å². The normalized spacial score (nSPS) is 20.0. The molecule has 1 N–H and O–H groups in total. The highest BCUT2D eigenvalue weighted by atomic mass is 35.5. The van der Waals surface area contributed by atoms with Crippen LogP contribution in [0.4, 0.5) is 5.69 Å². The number of ether oxygens (including phenoxy) is 2. The molecule has 12 heteroatoms. The Kier molecular flexibility index (Phi) is 8.86. The summed E-state index contributed by atoms with van der Waals surface area (Å²) in [7, 11) is -2.91. The van der Waals surface area contributed by atoms with E-state index in [0.29, 0.717) is 59.7 Å². The van der Waals surface area contributed by atoms with Crippen LogP contribution < -0.4 is 19.1 Å². The van der Waals surface area contributed by atoms with Crippen LogP contribution in [0.15, 0.2) is 82.4 Å². The van der Waals surface area contributed by atoms with Crippen molar-refractivity contribution < 1.29 is 27.1 Å². The van der Waals surface area contributed by atoms with Gasteiger partial charge in [-0.25, -0.2) is 17.7 Å². The summed E-state index contributed by atoms with van der Waals surface area (Å²) in [6.45, 7) is 7.31. The minimum absolute atomic E-state index is 0.0519. The monoisotopic (exact) mass is 664 g/mol. The Hall–Kier alpha value is -3.90. The second kappa shape index (κ2) is 12.7. The molecule has 6 rings (SSSR count). The van der Waals surface area contributed by atoms with Crippen molar-refractivity contribution in [2.45, 2.75) is 62.7 Å². The fraction of sp³-hybridized carbons (Fsp3) is 0.353. The summed E-state index contributed by atoms with van der Waals surface area (Å²) in [6, 6.07) is 16.4. The molecule has 0 saturated carbocycles. The van der Waals surface area contributed by atoms with E-state index < -0.39 is 27.5 Å². The number of halogens is 1. The van der Waals surface area contributed by atoms with Crippen LogP contribution in [0.25, 0.3) is 0 Å². The molecule has 1 fully saturated rings. The number of anilines is 1. The lowest BCUT2D eigenvalue weighted by atomic mass is 9.80. The minimum Gasteiger partial charge on any atom is -0.497 e. The largest absolute Gasteiger partial charge is 0.497 e. The Morgan fingerprint density at radius 1 is 1.11 bits per heavy atom. The van der Waals surface area contributed by atoms with Gasteiger partial charge in [0, 0.05) is 35.3 Å². The summed E-state index contributed by atoms with van der Waals surface area (Å²) < 4.78 is 47.3. The number of oxazole rings is 1. The van der Waals surface area contributed by atoms with Crippen molar-refractivity contribution in [3.05, 3.63) is 101 Å². The fourth-order valence-electron chi connectivity index (χ4n) is 6.53. The van der Waals surface area contributed by atoms with E-state index in [9.17, 15) is 8.42 Å². The van der Waals surface area contributed by atoms with Gasteiger partial charge in [0.1, 0.15) is 17.8 Å². The van der Waals surface area contributed by atoms with E-state index in [1.807, 2.05) is 30.0 Å². The van der Waals surface area contributed by atoms with Gasteiger partial charge in [-0.05, 0) is 79.9 Å². The van der Waals surface area contributed by atoms with Crippen LogP contribution in [0.1, 0.15) is 62.2 Å². The quantitative estimate of drug-likeness (QED) is 0.205. The maximum Gasteiger partial charge on any atom is 0.271 e. The summed E-state index contributed by atoms with van der Waals surface area (Å²) in [4.78, 5) is 21.9. The lowest BCUT2D eigenvalue weighted by molar-refractivity contribution is -0.127. The van der Waals surface area contributed by atoms with Gasteiger partial charge in [0.15, 0.2) is 5.54 Å². The molecule has 0 spiro atoms. The molecule has 2 aliphatic heterocycles. The first-order valence-electron chi connectivity index (χ1n) is 15.3. The molecule has 4 aromatic rings. The zero-order valence-electron chi connectivity index (χ0n) is 26.2. The van der Waals surface area contributed by atoms with Crippen molar-refractivity contribution in [3.8, 4) is 11.5 Å². The molecule has 242 valence electrons. The predicted molar refractivity (Wildman–Crippen MR) is 175 cm³/mol. The second-order valence-corrected chi connectivity index (χ2v) is 13.9. The SMILES string of the molecule is CCOc1ccc(CNC(C)C)cc1C1(N2CCC[C@H]2c2ncco2)C(=O)N(S(=O)(=O)c2ccc(OC)cc2)c2ccc(Cl)cc21. The molecule has 3 heterocycles. The number of rotatable bonds is 11. The van der Waals surface area contributed by atoms with Crippen LogP contribution in [0.3, 0.4) is 0 Å². The average Bonchev–Trinajstić information content (AvgIpc) is 3.80. The summed E-state index contributed by atoms with van der Waals surface area (Å²) in [5.41, 5.74) is 0.434. The summed E-state index contributed by atoms with van der Waals surface area (Å²) in [5.74, 6) is 0.748. The highest BCUT2D eigenvalue weighted by molar-refractivity contribution is 7.93. The maximum absolute atomic E-state index is 15.5. The number of fused-ring (bicyclic) bond motifs is 1. The van der Waals surface area contributed by atoms with Gasteiger partial charge in [0.05, 0.1) is 36.5 Å². The van der Waals surface area contributed by atoms with E-state index in [2.05, 4.69) is 24.1 Å². The number of nitrogens with zero attached hydrogens (tertiary/aromatic N) is 3. The minimum atomic E-state index is -4.41. The molecule has 2 aliphatic rings. The van der Waals surface area contributed by atoms with E-state index in [-0.39, 0.29) is 16.6 Å². The first-order valence-corrected chi connectivity index (χ1v) is 17.1. The molecule has 1 amide bonds. The van der Waals surface area contributed by atoms with Crippen molar-refractivity contribution in [3.63, 3.8) is 0 Å². The lowest BCUT2D eigenvalue weighted by Gasteiger charge is -2.41. The first kappa shape index (κ1) is 32.1. The maximum atomic E-state index is 15.5. The van der Waals surface area contributed by atoms with Crippen molar-refractivity contribution in [1.29, 1.82) is 0 Å². The third-order valence-electron chi connectivity index (χ3n) is 8.53. The number of carbonyl (C=O) groups excluding carboxylic acids is 1. The second-order valence-electron chi connectivity index (χ2n) is 11.6. The Balaban J connectivity index is 1.66. The van der Waals surface area contributed by atoms with E-state index in [1.54, 1.807) is 36.5 Å². The molecule has 0 bridgehead atoms. The van der Waals surface area contributed by atoms with E-state index >= 15 is 4.79 Å².